The fourth-order valence-electron chi connectivity index (χ4n) is 2.18. The van der Waals surface area contributed by atoms with E-state index in [0.29, 0.717) is 23.6 Å². The molecule has 0 aliphatic rings. The molecular formula is C17H20BrN3O3. The Kier molecular flexibility index (Phi) is 6.14. The average Bonchev–Trinajstić information content (AvgIpc) is 2.91. The Morgan fingerprint density at radius 1 is 1.25 bits per heavy atom. The summed E-state index contributed by atoms with van der Waals surface area (Å²) in [4.78, 5) is 24.8. The molecular weight excluding hydrogens is 374 g/mol. The van der Waals surface area contributed by atoms with Crippen molar-refractivity contribution in [2.24, 2.45) is 5.92 Å². The maximum absolute atomic E-state index is 12.5. The number of anilines is 1. The quantitative estimate of drug-likeness (QED) is 0.785. The molecule has 0 saturated heterocycles. The zero-order valence-corrected chi connectivity index (χ0v) is 15.4. The molecule has 2 rings (SSSR count). The summed E-state index contributed by atoms with van der Waals surface area (Å²) in [5.74, 6) is 0.570. The van der Waals surface area contributed by atoms with Crippen molar-refractivity contribution in [2.75, 3.05) is 5.32 Å². The second kappa shape index (κ2) is 8.10. The highest BCUT2D eigenvalue weighted by molar-refractivity contribution is 9.10. The molecule has 0 unspecified atom stereocenters. The summed E-state index contributed by atoms with van der Waals surface area (Å²) in [6, 6.07) is 7.93. The van der Waals surface area contributed by atoms with E-state index in [1.807, 2.05) is 13.8 Å². The molecule has 2 aromatic rings. The first-order valence-electron chi connectivity index (χ1n) is 7.65. The number of carbonyl (C=O) groups excluding carboxylic acids is 2. The van der Waals surface area contributed by atoms with Crippen LogP contribution in [0.25, 0.3) is 0 Å². The van der Waals surface area contributed by atoms with Crippen LogP contribution in [0.5, 0.6) is 0 Å². The molecule has 0 aliphatic heterocycles. The van der Waals surface area contributed by atoms with E-state index in [-0.39, 0.29) is 17.7 Å². The van der Waals surface area contributed by atoms with E-state index in [4.69, 9.17) is 4.52 Å². The highest BCUT2D eigenvalue weighted by atomic mass is 79.9. The van der Waals surface area contributed by atoms with Crippen LogP contribution in [0.1, 0.15) is 36.4 Å². The summed E-state index contributed by atoms with van der Waals surface area (Å²) in [7, 11) is 0. The van der Waals surface area contributed by atoms with Crippen molar-refractivity contribution >= 4 is 33.6 Å². The summed E-state index contributed by atoms with van der Waals surface area (Å²) in [6.07, 6.45) is 0.519. The Balaban J connectivity index is 2.07. The Morgan fingerprint density at radius 3 is 2.46 bits per heavy atom. The Labute approximate surface area is 149 Å². The van der Waals surface area contributed by atoms with Crippen LogP contribution >= 0.6 is 15.9 Å². The molecule has 0 fully saturated rings. The summed E-state index contributed by atoms with van der Waals surface area (Å²) in [5, 5.41) is 9.19. The zero-order valence-electron chi connectivity index (χ0n) is 13.8. The first kappa shape index (κ1) is 18.2. The van der Waals surface area contributed by atoms with Gasteiger partial charge in [-0.05, 0) is 43.5 Å². The van der Waals surface area contributed by atoms with E-state index < -0.39 is 6.04 Å². The van der Waals surface area contributed by atoms with Gasteiger partial charge in [0.25, 0.3) is 5.91 Å². The van der Waals surface area contributed by atoms with E-state index in [1.165, 1.54) is 0 Å². The van der Waals surface area contributed by atoms with Gasteiger partial charge >= 0.3 is 0 Å². The molecule has 1 aromatic heterocycles. The predicted molar refractivity (Wildman–Crippen MR) is 94.7 cm³/mol. The zero-order chi connectivity index (χ0) is 17.7. The number of rotatable bonds is 6. The fourth-order valence-corrected chi connectivity index (χ4v) is 2.45. The van der Waals surface area contributed by atoms with Crippen LogP contribution < -0.4 is 10.6 Å². The summed E-state index contributed by atoms with van der Waals surface area (Å²) < 4.78 is 5.82. The van der Waals surface area contributed by atoms with Gasteiger partial charge < -0.3 is 15.2 Å². The lowest BCUT2D eigenvalue weighted by Gasteiger charge is -2.19. The van der Waals surface area contributed by atoms with Crippen molar-refractivity contribution in [3.05, 3.63) is 46.1 Å². The lowest BCUT2D eigenvalue weighted by molar-refractivity contribution is -0.118. The van der Waals surface area contributed by atoms with Gasteiger partial charge in [0.15, 0.2) is 5.82 Å². The van der Waals surface area contributed by atoms with Crippen LogP contribution in [0.15, 0.2) is 39.3 Å². The topological polar surface area (TPSA) is 84.2 Å². The van der Waals surface area contributed by atoms with Crippen molar-refractivity contribution in [2.45, 2.75) is 33.2 Å². The van der Waals surface area contributed by atoms with Crippen LogP contribution in [-0.2, 0) is 4.79 Å². The maximum atomic E-state index is 12.5. The van der Waals surface area contributed by atoms with E-state index in [2.05, 4.69) is 31.7 Å². The van der Waals surface area contributed by atoms with Gasteiger partial charge in [-0.3, -0.25) is 9.59 Å². The SMILES string of the molecule is Cc1cc(NC(=O)[C@H](CC(C)C)NC(=O)c2ccc(Br)cc2)no1. The Bertz CT molecular complexity index is 710. The van der Waals surface area contributed by atoms with Gasteiger partial charge in [-0.1, -0.05) is 34.9 Å². The van der Waals surface area contributed by atoms with Crippen molar-refractivity contribution in [1.29, 1.82) is 0 Å². The monoisotopic (exact) mass is 393 g/mol. The molecule has 0 aliphatic carbocycles. The molecule has 2 N–H and O–H groups in total. The normalized spacial score (nSPS) is 12.0. The van der Waals surface area contributed by atoms with E-state index in [0.717, 1.165) is 4.47 Å². The molecule has 0 spiro atoms. The molecule has 1 aromatic carbocycles. The number of hydrogen-bond acceptors (Lipinski definition) is 4. The predicted octanol–water partition coefficient (Wildman–Crippen LogP) is 3.53. The minimum Gasteiger partial charge on any atom is -0.360 e. The molecule has 128 valence electrons. The molecule has 6 nitrogen and oxygen atoms in total. The minimum atomic E-state index is -0.654. The van der Waals surface area contributed by atoms with Gasteiger partial charge in [0.1, 0.15) is 11.8 Å². The van der Waals surface area contributed by atoms with Gasteiger partial charge in [0, 0.05) is 16.1 Å². The molecule has 0 bridgehead atoms. The number of nitrogens with zero attached hydrogens (tertiary/aromatic N) is 1. The number of aryl methyl sites for hydroxylation is 1. The van der Waals surface area contributed by atoms with Crippen molar-refractivity contribution in [3.63, 3.8) is 0 Å². The number of benzene rings is 1. The van der Waals surface area contributed by atoms with Crippen molar-refractivity contribution < 1.29 is 14.1 Å². The van der Waals surface area contributed by atoms with Crippen LogP contribution in [-0.4, -0.2) is 23.0 Å². The largest absolute Gasteiger partial charge is 0.360 e. The Hall–Kier alpha value is -2.15. The number of nitrogens with one attached hydrogen (secondary N) is 2. The standard InChI is InChI=1S/C17H20BrN3O3/c1-10(2)8-14(17(23)20-15-9-11(3)24-21-15)19-16(22)12-4-6-13(18)7-5-12/h4-7,9-10,14H,8H2,1-3H3,(H,19,22)(H,20,21,23)/t14-/m0/s1. The third kappa shape index (κ3) is 5.19. The number of halogens is 1. The van der Waals surface area contributed by atoms with Crippen LogP contribution in [0.3, 0.4) is 0 Å². The number of hydrogen-bond donors (Lipinski definition) is 2. The number of aromatic nitrogens is 1. The van der Waals surface area contributed by atoms with E-state index in [9.17, 15) is 9.59 Å². The number of amides is 2. The molecule has 0 saturated carbocycles. The summed E-state index contributed by atoms with van der Waals surface area (Å²) in [5.41, 5.74) is 0.497. The van der Waals surface area contributed by atoms with E-state index >= 15 is 0 Å². The van der Waals surface area contributed by atoms with Crippen molar-refractivity contribution in [1.82, 2.24) is 10.5 Å². The molecule has 24 heavy (non-hydrogen) atoms. The smallest absolute Gasteiger partial charge is 0.251 e. The minimum absolute atomic E-state index is 0.241. The Morgan fingerprint density at radius 2 is 1.92 bits per heavy atom. The molecule has 0 radical (unpaired) electrons. The molecule has 2 amide bonds. The van der Waals surface area contributed by atoms with Gasteiger partial charge in [0.2, 0.25) is 5.91 Å². The van der Waals surface area contributed by atoms with Crippen LogP contribution in [0.2, 0.25) is 0 Å². The summed E-state index contributed by atoms with van der Waals surface area (Å²) in [6.45, 7) is 5.72. The third-order valence-corrected chi connectivity index (χ3v) is 3.84. The number of carbonyl (C=O) groups is 2. The van der Waals surface area contributed by atoms with Gasteiger partial charge in [-0.25, -0.2) is 0 Å². The maximum Gasteiger partial charge on any atom is 0.251 e. The lowest BCUT2D eigenvalue weighted by Crippen LogP contribution is -2.44. The van der Waals surface area contributed by atoms with Gasteiger partial charge in [-0.2, -0.15) is 0 Å². The van der Waals surface area contributed by atoms with Crippen molar-refractivity contribution in [3.8, 4) is 0 Å². The first-order chi connectivity index (χ1) is 11.3. The molecule has 1 atom stereocenters. The van der Waals surface area contributed by atoms with Gasteiger partial charge in [-0.15, -0.1) is 0 Å². The highest BCUT2D eigenvalue weighted by Gasteiger charge is 2.23. The average molecular weight is 394 g/mol. The highest BCUT2D eigenvalue weighted by Crippen LogP contribution is 2.13. The second-order valence-corrected chi connectivity index (χ2v) is 6.89. The first-order valence-corrected chi connectivity index (χ1v) is 8.45. The lowest BCUT2D eigenvalue weighted by atomic mass is 10.0. The van der Waals surface area contributed by atoms with Crippen LogP contribution in [0, 0.1) is 12.8 Å². The summed E-state index contributed by atoms with van der Waals surface area (Å²) >= 11 is 3.33. The molecule has 1 heterocycles. The van der Waals surface area contributed by atoms with Crippen LogP contribution in [0.4, 0.5) is 5.82 Å². The molecule has 7 heteroatoms. The van der Waals surface area contributed by atoms with Gasteiger partial charge in [0.05, 0.1) is 0 Å². The second-order valence-electron chi connectivity index (χ2n) is 5.97. The third-order valence-electron chi connectivity index (χ3n) is 3.31. The van der Waals surface area contributed by atoms with E-state index in [1.54, 1.807) is 37.3 Å². The fraction of sp³-hybridized carbons (Fsp3) is 0.353.